The fraction of sp³-hybridized carbons (Fsp3) is 0.273. The molecule has 0 spiro atoms. The van der Waals surface area contributed by atoms with E-state index in [0.29, 0.717) is 6.54 Å². The van der Waals surface area contributed by atoms with Gasteiger partial charge in [0, 0.05) is 31.9 Å². The molecule has 2 aromatic carbocycles. The number of rotatable bonds is 5. The molecule has 0 radical (unpaired) electrons. The van der Waals surface area contributed by atoms with Gasteiger partial charge in [-0.05, 0) is 18.9 Å². The molecule has 30 heavy (non-hydrogen) atoms. The number of anilines is 1. The van der Waals surface area contributed by atoms with Crippen LogP contribution in [0.15, 0.2) is 41.3 Å². The molecule has 3 aromatic rings. The van der Waals surface area contributed by atoms with Crippen molar-refractivity contribution in [1.82, 2.24) is 4.68 Å². The number of nitrogens with zero attached hydrogens (tertiary/aromatic N) is 2. The van der Waals surface area contributed by atoms with Crippen molar-refractivity contribution in [3.05, 3.63) is 75.1 Å². The summed E-state index contributed by atoms with van der Waals surface area (Å²) in [5.74, 6) is -2.90. The molecule has 1 aliphatic rings. The van der Waals surface area contributed by atoms with E-state index in [-0.39, 0.29) is 47.3 Å². The zero-order chi connectivity index (χ0) is 21.4. The van der Waals surface area contributed by atoms with E-state index >= 15 is 4.39 Å². The van der Waals surface area contributed by atoms with Crippen LogP contribution in [0.5, 0.6) is 0 Å². The SMILES string of the molecule is CCOC(=O)c1cn2c3c(c(F)c(F)c(NCc4ccccc4)c3c1=O)CCN2C. The van der Waals surface area contributed by atoms with Gasteiger partial charge < -0.3 is 15.1 Å². The molecule has 1 aromatic heterocycles. The first-order valence-electron chi connectivity index (χ1n) is 9.69. The van der Waals surface area contributed by atoms with E-state index in [9.17, 15) is 14.0 Å². The van der Waals surface area contributed by atoms with Gasteiger partial charge in [-0.1, -0.05) is 30.3 Å². The van der Waals surface area contributed by atoms with Gasteiger partial charge in [-0.25, -0.2) is 13.6 Å². The number of carbonyl (C=O) groups excluding carboxylic acids is 1. The fourth-order valence-corrected chi connectivity index (χ4v) is 3.76. The first-order chi connectivity index (χ1) is 14.4. The highest BCUT2D eigenvalue weighted by atomic mass is 19.2. The van der Waals surface area contributed by atoms with Crippen LogP contribution in [0.2, 0.25) is 0 Å². The Balaban J connectivity index is 1.99. The van der Waals surface area contributed by atoms with Crippen LogP contribution in [0.1, 0.15) is 28.4 Å². The maximum Gasteiger partial charge on any atom is 0.343 e. The second-order valence-electron chi connectivity index (χ2n) is 7.11. The Labute approximate surface area is 171 Å². The van der Waals surface area contributed by atoms with Gasteiger partial charge in [0.25, 0.3) is 0 Å². The molecule has 1 N–H and O–H groups in total. The largest absolute Gasteiger partial charge is 0.462 e. The molecule has 0 bridgehead atoms. The summed E-state index contributed by atoms with van der Waals surface area (Å²) in [7, 11) is 1.75. The molecule has 0 unspecified atom stereocenters. The smallest absolute Gasteiger partial charge is 0.343 e. The Morgan fingerprint density at radius 2 is 1.93 bits per heavy atom. The van der Waals surface area contributed by atoms with E-state index < -0.39 is 23.0 Å². The topological polar surface area (TPSA) is 63.6 Å². The third kappa shape index (κ3) is 3.18. The summed E-state index contributed by atoms with van der Waals surface area (Å²) in [5, 5.41) is 4.56. The van der Waals surface area contributed by atoms with Crippen molar-refractivity contribution in [2.45, 2.75) is 19.9 Å². The lowest BCUT2D eigenvalue weighted by Crippen LogP contribution is -2.39. The quantitative estimate of drug-likeness (QED) is 0.651. The lowest BCUT2D eigenvalue weighted by atomic mass is 10.00. The number of esters is 1. The number of likely N-dealkylation sites (N-methyl/N-ethyl adjacent to an activating group) is 1. The number of benzene rings is 2. The van der Waals surface area contributed by atoms with Gasteiger partial charge in [0.05, 0.1) is 23.2 Å². The minimum Gasteiger partial charge on any atom is -0.462 e. The van der Waals surface area contributed by atoms with Crippen molar-refractivity contribution in [2.24, 2.45) is 0 Å². The van der Waals surface area contributed by atoms with Crippen LogP contribution in [-0.2, 0) is 17.7 Å². The van der Waals surface area contributed by atoms with Crippen LogP contribution in [0.3, 0.4) is 0 Å². The summed E-state index contributed by atoms with van der Waals surface area (Å²) in [6.07, 6.45) is 1.58. The summed E-state index contributed by atoms with van der Waals surface area (Å²) >= 11 is 0. The highest BCUT2D eigenvalue weighted by molar-refractivity contribution is 6.00. The van der Waals surface area contributed by atoms with E-state index in [1.54, 1.807) is 19.0 Å². The van der Waals surface area contributed by atoms with Crippen LogP contribution >= 0.6 is 0 Å². The second-order valence-corrected chi connectivity index (χ2v) is 7.11. The molecule has 4 rings (SSSR count). The number of aromatic nitrogens is 1. The summed E-state index contributed by atoms with van der Waals surface area (Å²) in [6.45, 7) is 2.31. The first-order valence-corrected chi connectivity index (χ1v) is 9.69. The van der Waals surface area contributed by atoms with Gasteiger partial charge in [-0.15, -0.1) is 0 Å². The zero-order valence-electron chi connectivity index (χ0n) is 16.7. The number of pyridine rings is 1. The van der Waals surface area contributed by atoms with Crippen LogP contribution < -0.4 is 15.8 Å². The first kappa shape index (κ1) is 19.9. The van der Waals surface area contributed by atoms with E-state index in [4.69, 9.17) is 4.74 Å². The maximum absolute atomic E-state index is 15.1. The van der Waals surface area contributed by atoms with Crippen molar-refractivity contribution in [2.75, 3.05) is 30.5 Å². The zero-order valence-corrected chi connectivity index (χ0v) is 16.7. The molecule has 2 heterocycles. The average Bonchev–Trinajstić information content (AvgIpc) is 2.74. The molecular formula is C22H21F2N3O3. The molecule has 0 amide bonds. The molecule has 0 saturated carbocycles. The maximum atomic E-state index is 15.1. The summed E-state index contributed by atoms with van der Waals surface area (Å²) in [6, 6.07) is 9.16. The summed E-state index contributed by atoms with van der Waals surface area (Å²) in [4.78, 5) is 25.6. The molecule has 0 saturated heterocycles. The molecular weight excluding hydrogens is 392 g/mol. The lowest BCUT2D eigenvalue weighted by Gasteiger charge is -2.31. The molecule has 8 heteroatoms. The van der Waals surface area contributed by atoms with Gasteiger partial charge in [0.1, 0.15) is 5.56 Å². The number of halogens is 2. The Kier molecular flexibility index (Phi) is 5.15. The van der Waals surface area contributed by atoms with Gasteiger partial charge in [-0.2, -0.15) is 0 Å². The third-order valence-corrected chi connectivity index (χ3v) is 5.26. The van der Waals surface area contributed by atoms with E-state index in [2.05, 4.69) is 5.32 Å². The van der Waals surface area contributed by atoms with Gasteiger partial charge in [-0.3, -0.25) is 9.47 Å². The van der Waals surface area contributed by atoms with E-state index in [0.717, 1.165) is 5.56 Å². The second kappa shape index (κ2) is 7.78. The standard InChI is InChI=1S/C22H21F2N3O3/c1-3-30-22(29)15-12-27-20-14(9-10-26(27)2)17(23)18(24)19(16(20)21(15)28)25-11-13-7-5-4-6-8-13/h4-8,12,25H,3,9-11H2,1-2H3. The summed E-state index contributed by atoms with van der Waals surface area (Å²) in [5.41, 5.74) is 0.0501. The Morgan fingerprint density at radius 1 is 1.20 bits per heavy atom. The van der Waals surface area contributed by atoms with Gasteiger partial charge in [0.2, 0.25) is 5.43 Å². The fourth-order valence-electron chi connectivity index (χ4n) is 3.76. The lowest BCUT2D eigenvalue weighted by molar-refractivity contribution is 0.0524. The molecule has 6 nitrogen and oxygen atoms in total. The third-order valence-electron chi connectivity index (χ3n) is 5.26. The molecule has 0 aliphatic carbocycles. The number of carbonyl (C=O) groups is 1. The normalized spacial score (nSPS) is 12.9. The highest BCUT2D eigenvalue weighted by Gasteiger charge is 2.30. The number of ether oxygens (including phenoxy) is 1. The van der Waals surface area contributed by atoms with Crippen molar-refractivity contribution >= 4 is 22.6 Å². The monoisotopic (exact) mass is 413 g/mol. The Bertz CT molecular complexity index is 1190. The Hall–Kier alpha value is -3.42. The van der Waals surface area contributed by atoms with Crippen molar-refractivity contribution in [1.29, 1.82) is 0 Å². The number of hydrogen-bond acceptors (Lipinski definition) is 5. The highest BCUT2D eigenvalue weighted by Crippen LogP contribution is 2.33. The number of nitrogens with one attached hydrogen (secondary N) is 1. The van der Waals surface area contributed by atoms with Crippen molar-refractivity contribution in [3.63, 3.8) is 0 Å². The van der Waals surface area contributed by atoms with Crippen molar-refractivity contribution < 1.29 is 18.3 Å². The van der Waals surface area contributed by atoms with Gasteiger partial charge >= 0.3 is 5.97 Å². The van der Waals surface area contributed by atoms with Crippen molar-refractivity contribution in [3.8, 4) is 0 Å². The summed E-state index contributed by atoms with van der Waals surface area (Å²) < 4.78 is 36.5. The predicted molar refractivity (Wildman–Crippen MR) is 111 cm³/mol. The molecule has 1 aliphatic heterocycles. The molecule has 156 valence electrons. The Morgan fingerprint density at radius 3 is 2.63 bits per heavy atom. The minimum absolute atomic E-state index is 0.0584. The van der Waals surface area contributed by atoms with Crippen LogP contribution in [0.25, 0.3) is 10.9 Å². The number of hydrogen-bond donors (Lipinski definition) is 1. The van der Waals surface area contributed by atoms with E-state index in [1.807, 2.05) is 30.3 Å². The predicted octanol–water partition coefficient (Wildman–Crippen LogP) is 3.19. The van der Waals surface area contributed by atoms with E-state index in [1.165, 1.54) is 10.9 Å². The molecule has 0 atom stereocenters. The van der Waals surface area contributed by atoms with Crippen LogP contribution in [-0.4, -0.2) is 30.8 Å². The van der Waals surface area contributed by atoms with Gasteiger partial charge in [0.15, 0.2) is 11.6 Å². The molecule has 0 fully saturated rings. The van der Waals surface area contributed by atoms with Crippen LogP contribution in [0.4, 0.5) is 14.5 Å². The minimum atomic E-state index is -1.12. The van der Waals surface area contributed by atoms with Crippen LogP contribution in [0, 0.1) is 11.6 Å². The average molecular weight is 413 g/mol.